The predicted molar refractivity (Wildman–Crippen MR) is 50.4 cm³/mol. The van der Waals surface area contributed by atoms with Gasteiger partial charge in [-0.2, -0.15) is 0 Å². The minimum Gasteiger partial charge on any atom is -0.352 e. The zero-order valence-corrected chi connectivity index (χ0v) is 7.79. The van der Waals surface area contributed by atoms with E-state index in [1.54, 1.807) is 0 Å². The number of aromatic amines is 1. The smallest absolute Gasteiger partial charge is 0.106 e. The molecule has 0 aliphatic rings. The lowest BCUT2D eigenvalue weighted by atomic mass is 10.1. The Labute approximate surface area is 72.5 Å². The highest BCUT2D eigenvalue weighted by Gasteiger charge is 1.93. The fourth-order valence-electron chi connectivity index (χ4n) is 1.05. The summed E-state index contributed by atoms with van der Waals surface area (Å²) < 4.78 is 0.879. The monoisotopic (exact) mass is 167 g/mol. The molecule has 60 valence electrons. The van der Waals surface area contributed by atoms with Crippen LogP contribution in [0.1, 0.15) is 25.0 Å². The van der Waals surface area contributed by atoms with E-state index in [0.717, 1.165) is 17.5 Å². The topological polar surface area (TPSA) is 15.8 Å². The van der Waals surface area contributed by atoms with Crippen LogP contribution in [0.5, 0.6) is 0 Å². The van der Waals surface area contributed by atoms with Gasteiger partial charge >= 0.3 is 0 Å². The molecule has 0 spiro atoms. The molecule has 1 heterocycles. The van der Waals surface area contributed by atoms with Crippen LogP contribution in [0.4, 0.5) is 0 Å². The fraction of sp³-hybridized carbons (Fsp3) is 0.444. The number of H-pyrrole nitrogens is 1. The lowest BCUT2D eigenvalue weighted by Crippen LogP contribution is -1.89. The van der Waals surface area contributed by atoms with Gasteiger partial charge in [-0.25, -0.2) is 0 Å². The van der Waals surface area contributed by atoms with E-state index in [9.17, 15) is 0 Å². The second-order valence-corrected chi connectivity index (χ2v) is 2.98. The SMILES string of the molecule is CCc1c[nH]c(=S)c(CC)c1. The van der Waals surface area contributed by atoms with Gasteiger partial charge in [0.05, 0.1) is 0 Å². The van der Waals surface area contributed by atoms with Crippen LogP contribution in [0.15, 0.2) is 12.3 Å². The number of aromatic nitrogens is 1. The molecule has 0 unspecified atom stereocenters. The number of hydrogen-bond donors (Lipinski definition) is 1. The third-order valence-electron chi connectivity index (χ3n) is 1.83. The molecule has 0 atom stereocenters. The molecule has 0 aromatic carbocycles. The number of aryl methyl sites for hydroxylation is 2. The number of nitrogens with one attached hydrogen (secondary N) is 1. The Morgan fingerprint density at radius 2 is 2.09 bits per heavy atom. The van der Waals surface area contributed by atoms with Gasteiger partial charge in [-0.3, -0.25) is 0 Å². The Morgan fingerprint density at radius 1 is 1.36 bits per heavy atom. The van der Waals surface area contributed by atoms with Crippen molar-refractivity contribution in [3.05, 3.63) is 28.0 Å². The molecule has 1 aromatic heterocycles. The second kappa shape index (κ2) is 3.67. The molecular weight excluding hydrogens is 154 g/mol. The zero-order chi connectivity index (χ0) is 8.27. The molecule has 0 amide bonds. The molecule has 11 heavy (non-hydrogen) atoms. The normalized spacial score (nSPS) is 10.0. The molecular formula is C9H13NS. The average Bonchev–Trinajstić information content (AvgIpc) is 2.05. The van der Waals surface area contributed by atoms with Crippen molar-refractivity contribution in [3.63, 3.8) is 0 Å². The van der Waals surface area contributed by atoms with Crippen molar-refractivity contribution in [1.29, 1.82) is 0 Å². The fourth-order valence-corrected chi connectivity index (χ4v) is 1.31. The minimum absolute atomic E-state index is 0.879. The Kier molecular flexibility index (Phi) is 2.83. The molecule has 0 fully saturated rings. The quantitative estimate of drug-likeness (QED) is 0.670. The van der Waals surface area contributed by atoms with Crippen molar-refractivity contribution >= 4 is 12.2 Å². The molecule has 0 radical (unpaired) electrons. The summed E-state index contributed by atoms with van der Waals surface area (Å²) in [6, 6.07) is 2.18. The lowest BCUT2D eigenvalue weighted by molar-refractivity contribution is 1.03. The van der Waals surface area contributed by atoms with Crippen molar-refractivity contribution < 1.29 is 0 Å². The highest BCUT2D eigenvalue weighted by Crippen LogP contribution is 2.05. The summed E-state index contributed by atoms with van der Waals surface area (Å²) in [6.45, 7) is 4.27. The molecule has 2 heteroatoms. The number of rotatable bonds is 2. The molecule has 1 rings (SSSR count). The molecule has 1 nitrogen and oxygen atoms in total. The van der Waals surface area contributed by atoms with E-state index in [2.05, 4.69) is 24.9 Å². The highest BCUT2D eigenvalue weighted by atomic mass is 32.1. The maximum Gasteiger partial charge on any atom is 0.106 e. The van der Waals surface area contributed by atoms with Gasteiger partial charge in [0.2, 0.25) is 0 Å². The molecule has 0 aliphatic carbocycles. The van der Waals surface area contributed by atoms with E-state index in [1.165, 1.54) is 11.1 Å². The van der Waals surface area contributed by atoms with E-state index in [1.807, 2.05) is 6.20 Å². The summed E-state index contributed by atoms with van der Waals surface area (Å²) in [5.74, 6) is 0. The largest absolute Gasteiger partial charge is 0.352 e. The van der Waals surface area contributed by atoms with Crippen LogP contribution in [-0.4, -0.2) is 4.98 Å². The molecule has 0 aliphatic heterocycles. The van der Waals surface area contributed by atoms with Crippen LogP contribution in [0.25, 0.3) is 0 Å². The van der Waals surface area contributed by atoms with Crippen LogP contribution in [0.3, 0.4) is 0 Å². The van der Waals surface area contributed by atoms with Crippen LogP contribution in [0.2, 0.25) is 0 Å². The molecule has 0 saturated carbocycles. The maximum absolute atomic E-state index is 5.10. The van der Waals surface area contributed by atoms with Crippen molar-refractivity contribution in [1.82, 2.24) is 4.98 Å². The van der Waals surface area contributed by atoms with E-state index >= 15 is 0 Å². The predicted octanol–water partition coefficient (Wildman–Crippen LogP) is 2.87. The minimum atomic E-state index is 0.879. The van der Waals surface area contributed by atoms with Gasteiger partial charge in [0.25, 0.3) is 0 Å². The summed E-state index contributed by atoms with van der Waals surface area (Å²) >= 11 is 5.10. The average molecular weight is 167 g/mol. The van der Waals surface area contributed by atoms with E-state index in [4.69, 9.17) is 12.2 Å². The summed E-state index contributed by atoms with van der Waals surface area (Å²) in [5, 5.41) is 0. The van der Waals surface area contributed by atoms with Crippen molar-refractivity contribution in [2.24, 2.45) is 0 Å². The Bertz CT molecular complexity index is 288. The molecule has 0 bridgehead atoms. The van der Waals surface area contributed by atoms with E-state index < -0.39 is 0 Å². The Hall–Kier alpha value is -0.630. The number of hydrogen-bond acceptors (Lipinski definition) is 1. The van der Waals surface area contributed by atoms with Crippen molar-refractivity contribution in [2.75, 3.05) is 0 Å². The van der Waals surface area contributed by atoms with Gasteiger partial charge < -0.3 is 4.98 Å². The molecule has 1 aromatic rings. The van der Waals surface area contributed by atoms with Crippen LogP contribution in [-0.2, 0) is 12.8 Å². The first kappa shape index (κ1) is 8.47. The summed E-state index contributed by atoms with van der Waals surface area (Å²) in [4.78, 5) is 3.09. The standard InChI is InChI=1S/C9H13NS/c1-3-7-5-8(4-2)9(11)10-6-7/h5-6H,3-4H2,1-2H3,(H,10,11). The summed E-state index contributed by atoms with van der Waals surface area (Å²) in [6.07, 6.45) is 4.07. The van der Waals surface area contributed by atoms with Gasteiger partial charge in [0.15, 0.2) is 0 Å². The molecule has 1 N–H and O–H groups in total. The third-order valence-corrected chi connectivity index (χ3v) is 2.21. The van der Waals surface area contributed by atoms with Crippen LogP contribution < -0.4 is 0 Å². The first-order valence-electron chi connectivity index (χ1n) is 3.98. The van der Waals surface area contributed by atoms with Crippen LogP contribution in [0, 0.1) is 4.64 Å². The number of pyridine rings is 1. The summed E-state index contributed by atoms with van der Waals surface area (Å²) in [5.41, 5.74) is 2.58. The second-order valence-electron chi connectivity index (χ2n) is 2.57. The first-order chi connectivity index (χ1) is 5.27. The molecule has 0 saturated heterocycles. The highest BCUT2D eigenvalue weighted by molar-refractivity contribution is 7.71. The first-order valence-corrected chi connectivity index (χ1v) is 4.39. The van der Waals surface area contributed by atoms with Gasteiger partial charge in [0, 0.05) is 6.20 Å². The van der Waals surface area contributed by atoms with Crippen molar-refractivity contribution in [3.8, 4) is 0 Å². The summed E-state index contributed by atoms with van der Waals surface area (Å²) in [7, 11) is 0. The Morgan fingerprint density at radius 3 is 2.64 bits per heavy atom. The Balaban J connectivity index is 3.13. The van der Waals surface area contributed by atoms with Crippen molar-refractivity contribution in [2.45, 2.75) is 26.7 Å². The third kappa shape index (κ3) is 1.90. The zero-order valence-electron chi connectivity index (χ0n) is 6.98. The van der Waals surface area contributed by atoms with Gasteiger partial charge in [-0.15, -0.1) is 0 Å². The van der Waals surface area contributed by atoms with Crippen LogP contribution >= 0.6 is 12.2 Å². The van der Waals surface area contributed by atoms with Gasteiger partial charge in [-0.05, 0) is 24.0 Å². The van der Waals surface area contributed by atoms with E-state index in [-0.39, 0.29) is 0 Å². The lowest BCUT2D eigenvalue weighted by Gasteiger charge is -2.00. The van der Waals surface area contributed by atoms with Gasteiger partial charge in [0.1, 0.15) is 4.64 Å². The van der Waals surface area contributed by atoms with Gasteiger partial charge in [-0.1, -0.05) is 32.1 Å². The van der Waals surface area contributed by atoms with E-state index in [0.29, 0.717) is 0 Å². The maximum atomic E-state index is 5.10.